The standard InChI is InChI=1S/C3H3NO2.B.H3N/c1-2-4-6-5-3-1;;/h1-3H;;1H3. The lowest BCUT2D eigenvalue weighted by Gasteiger charge is -1.92. The maximum Gasteiger partial charge on any atom is 0.147 e. The maximum absolute atomic E-state index is 4.19. The van der Waals surface area contributed by atoms with E-state index in [0.717, 1.165) is 0 Å². The van der Waals surface area contributed by atoms with Gasteiger partial charge in [0.15, 0.2) is 0 Å². The molecule has 1 heterocycles. The highest BCUT2D eigenvalue weighted by molar-refractivity contribution is 5.75. The highest BCUT2D eigenvalue weighted by Crippen LogP contribution is 1.84. The van der Waals surface area contributed by atoms with E-state index in [2.05, 4.69) is 15.0 Å². The summed E-state index contributed by atoms with van der Waals surface area (Å²) < 4.78 is 0. The molecular formula is C3H6BN2O2. The van der Waals surface area contributed by atoms with Crippen molar-refractivity contribution in [1.29, 1.82) is 0 Å². The highest BCUT2D eigenvalue weighted by atomic mass is 17.3. The van der Waals surface area contributed by atoms with Gasteiger partial charge in [0.05, 0.1) is 6.21 Å². The van der Waals surface area contributed by atoms with Crippen LogP contribution < -0.4 is 6.15 Å². The minimum atomic E-state index is 0. The first-order chi connectivity index (χ1) is 3.00. The molecule has 0 saturated carbocycles. The lowest BCUT2D eigenvalue weighted by atomic mass is 10.7. The van der Waals surface area contributed by atoms with Crippen LogP contribution in [0.1, 0.15) is 0 Å². The number of hydrogen-bond donors (Lipinski definition) is 1. The Bertz CT molecular complexity index is 81.3. The average molecular weight is 113 g/mol. The Morgan fingerprint density at radius 3 is 2.25 bits per heavy atom. The summed E-state index contributed by atoms with van der Waals surface area (Å²) in [5.74, 6) is 0. The van der Waals surface area contributed by atoms with Crippen LogP contribution in [0.15, 0.2) is 17.5 Å². The molecule has 5 heteroatoms. The summed E-state index contributed by atoms with van der Waals surface area (Å²) in [6.07, 6.45) is 4.51. The van der Waals surface area contributed by atoms with Gasteiger partial charge in [0.25, 0.3) is 0 Å². The van der Waals surface area contributed by atoms with Crippen molar-refractivity contribution in [3.8, 4) is 0 Å². The number of rotatable bonds is 0. The Hall–Kier alpha value is -0.965. The number of nitrogens with zero attached hydrogens (tertiary/aromatic N) is 1. The summed E-state index contributed by atoms with van der Waals surface area (Å²) in [4.78, 5) is 8.24. The van der Waals surface area contributed by atoms with Gasteiger partial charge in [0.1, 0.15) is 6.26 Å². The molecule has 0 atom stereocenters. The summed E-state index contributed by atoms with van der Waals surface area (Å²) in [7, 11) is 0. The van der Waals surface area contributed by atoms with Crippen molar-refractivity contribution in [3.05, 3.63) is 12.3 Å². The molecule has 8 heavy (non-hydrogen) atoms. The molecule has 0 bridgehead atoms. The van der Waals surface area contributed by atoms with Gasteiger partial charge < -0.3 is 6.15 Å². The van der Waals surface area contributed by atoms with Gasteiger partial charge in [-0.05, 0) is 11.2 Å². The molecule has 4 nitrogen and oxygen atoms in total. The van der Waals surface area contributed by atoms with Crippen LogP contribution in [-0.2, 0) is 9.88 Å². The van der Waals surface area contributed by atoms with Crippen molar-refractivity contribution < 1.29 is 9.88 Å². The van der Waals surface area contributed by atoms with Crippen LogP contribution >= 0.6 is 0 Å². The van der Waals surface area contributed by atoms with E-state index in [1.54, 1.807) is 6.08 Å². The molecule has 0 aliphatic carbocycles. The SMILES string of the molecule is C1=COON=C1.N.[B]. The number of allylic oxidation sites excluding steroid dienone is 1. The first kappa shape index (κ1) is 10.1. The molecule has 43 valence electrons. The molecule has 0 amide bonds. The summed E-state index contributed by atoms with van der Waals surface area (Å²) in [5.41, 5.74) is 0. The second-order valence-electron chi connectivity index (χ2n) is 0.754. The number of oxime groups is 1. The Morgan fingerprint density at radius 2 is 2.12 bits per heavy atom. The molecule has 0 aromatic carbocycles. The molecule has 3 radical (unpaired) electrons. The molecule has 0 fully saturated rings. The van der Waals surface area contributed by atoms with Gasteiger partial charge in [-0.2, -0.15) is 4.99 Å². The molecule has 0 unspecified atom stereocenters. The first-order valence-corrected chi connectivity index (χ1v) is 1.51. The van der Waals surface area contributed by atoms with Gasteiger partial charge in [0.2, 0.25) is 0 Å². The third-order valence-corrected chi connectivity index (χ3v) is 0.367. The Morgan fingerprint density at radius 1 is 1.38 bits per heavy atom. The molecule has 1 rings (SSSR count). The fourth-order valence-corrected chi connectivity index (χ4v) is 0.177. The van der Waals surface area contributed by atoms with Gasteiger partial charge >= 0.3 is 0 Å². The third-order valence-electron chi connectivity index (χ3n) is 0.367. The molecule has 0 aromatic heterocycles. The van der Waals surface area contributed by atoms with Crippen LogP contribution in [0.3, 0.4) is 0 Å². The predicted octanol–water partition coefficient (Wildman–Crippen LogP) is 0.229. The lowest BCUT2D eigenvalue weighted by Crippen LogP contribution is -1.82. The van der Waals surface area contributed by atoms with Gasteiger partial charge in [-0.1, -0.05) is 0 Å². The molecular weight excluding hydrogens is 107 g/mol. The van der Waals surface area contributed by atoms with E-state index in [4.69, 9.17) is 0 Å². The molecule has 3 N–H and O–H groups in total. The Labute approximate surface area is 49.2 Å². The highest BCUT2D eigenvalue weighted by Gasteiger charge is 1.77. The van der Waals surface area contributed by atoms with Crippen LogP contribution in [0, 0.1) is 0 Å². The van der Waals surface area contributed by atoms with Crippen molar-refractivity contribution >= 4 is 14.6 Å². The van der Waals surface area contributed by atoms with Crippen LogP contribution in [0.2, 0.25) is 0 Å². The summed E-state index contributed by atoms with van der Waals surface area (Å²) >= 11 is 0. The van der Waals surface area contributed by atoms with Crippen molar-refractivity contribution in [3.63, 3.8) is 0 Å². The lowest BCUT2D eigenvalue weighted by molar-refractivity contribution is -0.251. The van der Waals surface area contributed by atoms with E-state index in [-0.39, 0.29) is 14.6 Å². The van der Waals surface area contributed by atoms with Gasteiger partial charge in [-0.25, -0.2) is 0 Å². The van der Waals surface area contributed by atoms with E-state index in [9.17, 15) is 0 Å². The third kappa shape index (κ3) is 3.23. The summed E-state index contributed by atoms with van der Waals surface area (Å²) in [5, 5.41) is 3.24. The van der Waals surface area contributed by atoms with E-state index >= 15 is 0 Å². The van der Waals surface area contributed by atoms with E-state index in [1.165, 1.54) is 12.5 Å². The van der Waals surface area contributed by atoms with E-state index < -0.39 is 0 Å². The van der Waals surface area contributed by atoms with Crippen LogP contribution in [-0.4, -0.2) is 14.6 Å². The number of hydrogen-bond acceptors (Lipinski definition) is 4. The van der Waals surface area contributed by atoms with Crippen molar-refractivity contribution in [1.82, 2.24) is 6.15 Å². The fraction of sp³-hybridized carbons (Fsp3) is 0. The Balaban J connectivity index is 0. The van der Waals surface area contributed by atoms with E-state index in [0.29, 0.717) is 0 Å². The second kappa shape index (κ2) is 6.03. The average Bonchev–Trinajstić information content (AvgIpc) is 1.72. The van der Waals surface area contributed by atoms with Gasteiger partial charge in [-0.3, -0.25) is 4.89 Å². The second-order valence-corrected chi connectivity index (χ2v) is 0.754. The summed E-state index contributed by atoms with van der Waals surface area (Å²) in [6, 6.07) is 0. The van der Waals surface area contributed by atoms with E-state index in [1.807, 2.05) is 0 Å². The van der Waals surface area contributed by atoms with Gasteiger partial charge in [-0.15, -0.1) is 0 Å². The molecule has 0 spiro atoms. The normalized spacial score (nSPS) is 12.0. The molecule has 1 aliphatic heterocycles. The fourth-order valence-electron chi connectivity index (χ4n) is 0.177. The quantitative estimate of drug-likeness (QED) is 0.361. The van der Waals surface area contributed by atoms with Crippen LogP contribution in [0.4, 0.5) is 0 Å². The first-order valence-electron chi connectivity index (χ1n) is 1.51. The monoisotopic (exact) mass is 113 g/mol. The zero-order valence-corrected chi connectivity index (χ0v) is 4.28. The van der Waals surface area contributed by atoms with Gasteiger partial charge in [0, 0.05) is 8.41 Å². The molecule has 0 aromatic rings. The minimum Gasteiger partial charge on any atom is -0.344 e. The van der Waals surface area contributed by atoms with Crippen LogP contribution in [0.5, 0.6) is 0 Å². The van der Waals surface area contributed by atoms with Crippen LogP contribution in [0.25, 0.3) is 0 Å². The Kier molecular flexibility index (Phi) is 7.62. The molecule has 0 saturated heterocycles. The topological polar surface area (TPSA) is 65.8 Å². The summed E-state index contributed by atoms with van der Waals surface area (Å²) in [6.45, 7) is 0. The maximum atomic E-state index is 4.19. The smallest absolute Gasteiger partial charge is 0.147 e. The van der Waals surface area contributed by atoms with Crippen molar-refractivity contribution in [2.75, 3.05) is 0 Å². The molecule has 1 aliphatic rings. The zero-order chi connectivity index (χ0) is 4.24. The predicted molar refractivity (Wildman–Crippen MR) is 30.6 cm³/mol. The van der Waals surface area contributed by atoms with Crippen molar-refractivity contribution in [2.45, 2.75) is 0 Å². The minimum absolute atomic E-state index is 0. The largest absolute Gasteiger partial charge is 0.344 e. The van der Waals surface area contributed by atoms with Crippen molar-refractivity contribution in [2.24, 2.45) is 5.16 Å². The zero-order valence-electron chi connectivity index (χ0n) is 4.28.